The highest BCUT2D eigenvalue weighted by molar-refractivity contribution is 9.10. The van der Waals surface area contributed by atoms with Crippen molar-refractivity contribution < 1.29 is 18.0 Å². The normalized spacial score (nSPS) is 12.0. The third kappa shape index (κ3) is 8.81. The fourth-order valence-corrected chi connectivity index (χ4v) is 6.16. The molecule has 0 fully saturated rings. The van der Waals surface area contributed by atoms with Gasteiger partial charge in [-0.25, -0.2) is 8.42 Å². The third-order valence-electron chi connectivity index (χ3n) is 6.52. The number of hydrogen-bond donors (Lipinski definition) is 1. The van der Waals surface area contributed by atoms with Gasteiger partial charge in [-0.15, -0.1) is 0 Å². The van der Waals surface area contributed by atoms with Gasteiger partial charge in [-0.3, -0.25) is 13.9 Å². The van der Waals surface area contributed by atoms with Gasteiger partial charge >= 0.3 is 0 Å². The maximum Gasteiger partial charge on any atom is 0.243 e. The second-order valence-corrected chi connectivity index (χ2v) is 12.8. The van der Waals surface area contributed by atoms with Crippen LogP contribution in [0.1, 0.15) is 36.5 Å². The lowest BCUT2D eigenvalue weighted by molar-refractivity contribution is -0.141. The molecule has 2 amide bonds. The van der Waals surface area contributed by atoms with E-state index in [9.17, 15) is 18.0 Å². The minimum Gasteiger partial charge on any atom is -0.355 e. The van der Waals surface area contributed by atoms with Crippen molar-refractivity contribution in [1.82, 2.24) is 10.2 Å². The molecule has 3 aromatic rings. The first-order valence-corrected chi connectivity index (χ1v) is 16.1. The average molecular weight is 649 g/mol. The Morgan fingerprint density at radius 2 is 1.68 bits per heavy atom. The van der Waals surface area contributed by atoms with E-state index in [4.69, 9.17) is 11.6 Å². The topological polar surface area (TPSA) is 86.8 Å². The molecule has 0 heterocycles. The van der Waals surface area contributed by atoms with E-state index in [1.54, 1.807) is 30.0 Å². The minimum absolute atomic E-state index is 0.0599. The molecule has 0 aliphatic rings. The van der Waals surface area contributed by atoms with Crippen LogP contribution in [0.4, 0.5) is 5.69 Å². The lowest BCUT2D eigenvalue weighted by Crippen LogP contribution is -2.50. The van der Waals surface area contributed by atoms with Gasteiger partial charge in [0.1, 0.15) is 6.04 Å². The molecule has 0 saturated carbocycles. The number of rotatable bonds is 13. The lowest BCUT2D eigenvalue weighted by Gasteiger charge is -2.32. The van der Waals surface area contributed by atoms with Crippen molar-refractivity contribution in [1.29, 1.82) is 0 Å². The van der Waals surface area contributed by atoms with Crippen LogP contribution in [0.2, 0.25) is 5.02 Å². The number of nitrogens with zero attached hydrogens (tertiary/aromatic N) is 2. The van der Waals surface area contributed by atoms with Crippen molar-refractivity contribution >= 4 is 55.1 Å². The van der Waals surface area contributed by atoms with E-state index in [2.05, 4.69) is 21.2 Å². The quantitative estimate of drug-likeness (QED) is 0.256. The molecule has 40 heavy (non-hydrogen) atoms. The van der Waals surface area contributed by atoms with Gasteiger partial charge in [0.05, 0.1) is 11.9 Å². The van der Waals surface area contributed by atoms with E-state index in [0.717, 1.165) is 21.9 Å². The summed E-state index contributed by atoms with van der Waals surface area (Å²) in [5.41, 5.74) is 2.94. The Morgan fingerprint density at radius 1 is 1.00 bits per heavy atom. The van der Waals surface area contributed by atoms with E-state index in [1.165, 1.54) is 4.31 Å². The highest BCUT2D eigenvalue weighted by atomic mass is 79.9. The summed E-state index contributed by atoms with van der Waals surface area (Å²) in [6.07, 6.45) is 1.81. The monoisotopic (exact) mass is 647 g/mol. The Hall–Kier alpha value is -2.88. The summed E-state index contributed by atoms with van der Waals surface area (Å²) in [6.45, 7) is 4.37. The number of halogens is 2. The number of anilines is 1. The second-order valence-electron chi connectivity index (χ2n) is 9.57. The molecule has 10 heteroatoms. The predicted octanol–water partition coefficient (Wildman–Crippen LogP) is 5.73. The Labute approximate surface area is 250 Å². The van der Waals surface area contributed by atoms with Crippen LogP contribution >= 0.6 is 27.5 Å². The molecule has 7 nitrogen and oxygen atoms in total. The second kappa shape index (κ2) is 14.7. The van der Waals surface area contributed by atoms with Crippen molar-refractivity contribution in [3.05, 3.63) is 99.0 Å². The van der Waals surface area contributed by atoms with E-state index in [-0.39, 0.29) is 37.7 Å². The van der Waals surface area contributed by atoms with Crippen molar-refractivity contribution in [3.63, 3.8) is 0 Å². The molecular formula is C30H35BrClN3O4S. The first-order chi connectivity index (χ1) is 19.0. The fraction of sp³-hybridized carbons (Fsp3) is 0.333. The maximum absolute atomic E-state index is 13.8. The predicted molar refractivity (Wildman–Crippen MR) is 165 cm³/mol. The van der Waals surface area contributed by atoms with E-state index >= 15 is 0 Å². The first kappa shape index (κ1) is 31.6. The van der Waals surface area contributed by atoms with Crippen LogP contribution in [-0.4, -0.2) is 50.5 Å². The first-order valence-electron chi connectivity index (χ1n) is 13.1. The molecular weight excluding hydrogens is 614 g/mol. The summed E-state index contributed by atoms with van der Waals surface area (Å²) < 4.78 is 27.5. The third-order valence-corrected chi connectivity index (χ3v) is 8.61. The van der Waals surface area contributed by atoms with Gasteiger partial charge in [0, 0.05) is 42.0 Å². The van der Waals surface area contributed by atoms with Crippen LogP contribution in [-0.2, 0) is 32.6 Å². The molecule has 0 aliphatic heterocycles. The number of carbonyl (C=O) groups is 2. The fourth-order valence-electron chi connectivity index (χ4n) is 4.53. The molecule has 0 aliphatic carbocycles. The Morgan fingerprint density at radius 3 is 2.33 bits per heavy atom. The van der Waals surface area contributed by atoms with E-state index < -0.39 is 16.1 Å². The zero-order chi connectivity index (χ0) is 29.3. The molecule has 1 N–H and O–H groups in total. The van der Waals surface area contributed by atoms with Crippen molar-refractivity contribution in [2.75, 3.05) is 23.7 Å². The summed E-state index contributed by atoms with van der Waals surface area (Å²) in [5, 5.41) is 3.35. The molecule has 0 saturated heterocycles. The van der Waals surface area contributed by atoms with Gasteiger partial charge in [-0.1, -0.05) is 76.1 Å². The van der Waals surface area contributed by atoms with Gasteiger partial charge in [0.25, 0.3) is 0 Å². The molecule has 214 valence electrons. The van der Waals surface area contributed by atoms with Crippen LogP contribution < -0.4 is 9.62 Å². The van der Waals surface area contributed by atoms with Crippen LogP contribution in [0.3, 0.4) is 0 Å². The summed E-state index contributed by atoms with van der Waals surface area (Å²) >= 11 is 9.74. The molecule has 0 spiro atoms. The number of amides is 2. The summed E-state index contributed by atoms with van der Waals surface area (Å²) in [6, 6.07) is 21.6. The molecule has 0 radical (unpaired) electrons. The number of hydrogen-bond acceptors (Lipinski definition) is 4. The summed E-state index contributed by atoms with van der Waals surface area (Å²) in [7, 11) is -3.63. The number of likely N-dealkylation sites (N-methyl/N-ethyl adjacent to an activating group) is 1. The van der Waals surface area contributed by atoms with Gasteiger partial charge in [0.15, 0.2) is 0 Å². The zero-order valence-electron chi connectivity index (χ0n) is 22.9. The number of carbonyl (C=O) groups excluding carboxylic acids is 2. The SMILES string of the molecule is CCNC(=O)C(Cc1ccccc1)N(Cc1cccc(Br)c1)C(=O)CCCN(c1cccc(Cl)c1C)S(C)(=O)=O. The molecule has 0 aromatic heterocycles. The van der Waals surface area contributed by atoms with Crippen molar-refractivity contribution in [3.8, 4) is 0 Å². The molecule has 3 rings (SSSR count). The van der Waals surface area contributed by atoms with E-state index in [1.807, 2.05) is 61.5 Å². The molecule has 1 unspecified atom stereocenters. The number of benzene rings is 3. The highest BCUT2D eigenvalue weighted by Crippen LogP contribution is 2.28. The van der Waals surface area contributed by atoms with E-state index in [0.29, 0.717) is 29.2 Å². The lowest BCUT2D eigenvalue weighted by atomic mass is 10.0. The maximum atomic E-state index is 13.8. The Balaban J connectivity index is 1.88. The molecule has 3 aromatic carbocycles. The van der Waals surface area contributed by atoms with Crippen molar-refractivity contribution in [2.24, 2.45) is 0 Å². The minimum atomic E-state index is -3.63. The average Bonchev–Trinajstić information content (AvgIpc) is 2.90. The van der Waals surface area contributed by atoms with Gasteiger partial charge in [-0.2, -0.15) is 0 Å². The van der Waals surface area contributed by atoms with Crippen LogP contribution in [0.15, 0.2) is 77.3 Å². The molecule has 1 atom stereocenters. The molecule has 0 bridgehead atoms. The largest absolute Gasteiger partial charge is 0.355 e. The summed E-state index contributed by atoms with van der Waals surface area (Å²) in [5.74, 6) is -0.467. The van der Waals surface area contributed by atoms with Crippen molar-refractivity contribution in [2.45, 2.75) is 45.7 Å². The van der Waals surface area contributed by atoms with Gasteiger partial charge in [-0.05, 0) is 61.2 Å². The summed E-state index contributed by atoms with van der Waals surface area (Å²) in [4.78, 5) is 28.7. The highest BCUT2D eigenvalue weighted by Gasteiger charge is 2.30. The van der Waals surface area contributed by atoms with Gasteiger partial charge < -0.3 is 10.2 Å². The Kier molecular flexibility index (Phi) is 11.6. The Bertz CT molecular complexity index is 1420. The van der Waals surface area contributed by atoms with Crippen LogP contribution in [0.25, 0.3) is 0 Å². The van der Waals surface area contributed by atoms with Crippen LogP contribution in [0.5, 0.6) is 0 Å². The number of nitrogens with one attached hydrogen (secondary N) is 1. The van der Waals surface area contributed by atoms with Crippen LogP contribution in [0, 0.1) is 6.92 Å². The zero-order valence-corrected chi connectivity index (χ0v) is 26.1. The number of sulfonamides is 1. The van der Waals surface area contributed by atoms with Gasteiger partial charge in [0.2, 0.25) is 21.8 Å². The smallest absolute Gasteiger partial charge is 0.243 e. The standard InChI is InChI=1S/C30H35BrClN3O4S/c1-4-33-30(37)28(20-23-11-6-5-7-12-23)34(21-24-13-8-14-25(31)19-24)29(36)17-10-18-35(40(3,38)39)27-16-9-15-26(32)22(27)2/h5-9,11-16,19,28H,4,10,17-18,20-21H2,1-3H3,(H,33,37).